The van der Waals surface area contributed by atoms with E-state index in [2.05, 4.69) is 31.0 Å². The Balaban J connectivity index is 2.50. The predicted molar refractivity (Wildman–Crippen MR) is 78.6 cm³/mol. The summed E-state index contributed by atoms with van der Waals surface area (Å²) in [4.78, 5) is 4.22. The molecule has 0 radical (unpaired) electrons. The third-order valence-corrected chi connectivity index (χ3v) is 3.98. The van der Waals surface area contributed by atoms with Crippen molar-refractivity contribution in [3.63, 3.8) is 0 Å². The van der Waals surface area contributed by atoms with Gasteiger partial charge in [0.25, 0.3) is 0 Å². The van der Waals surface area contributed by atoms with E-state index in [0.717, 1.165) is 23.6 Å². The van der Waals surface area contributed by atoms with Crippen LogP contribution in [-0.4, -0.2) is 16.7 Å². The average molecular weight is 279 g/mol. The molecule has 0 aliphatic carbocycles. The summed E-state index contributed by atoms with van der Waals surface area (Å²) in [5.74, 6) is 1.33. The lowest BCUT2D eigenvalue weighted by Gasteiger charge is -2.15. The van der Waals surface area contributed by atoms with Gasteiger partial charge in [-0.2, -0.15) is 0 Å². The fourth-order valence-corrected chi connectivity index (χ4v) is 2.21. The van der Waals surface area contributed by atoms with Gasteiger partial charge < -0.3 is 4.74 Å². The molecular formula is C15H19ClN2O. The van der Waals surface area contributed by atoms with Gasteiger partial charge in [-0.1, -0.05) is 31.5 Å². The van der Waals surface area contributed by atoms with E-state index in [4.69, 9.17) is 16.3 Å². The fraction of sp³-hybridized carbons (Fsp3) is 0.400. The standard InChI is InChI=1S/C15H19ClN2O/c1-5-10(2)12-6-7-13(14(8-12)19-4)18-9-17-11(3)15(18)16/h6-10H,5H2,1-4H3. The minimum absolute atomic E-state index is 0.517. The van der Waals surface area contributed by atoms with E-state index in [9.17, 15) is 0 Å². The summed E-state index contributed by atoms with van der Waals surface area (Å²) in [6.45, 7) is 6.28. The van der Waals surface area contributed by atoms with Gasteiger partial charge in [-0.3, -0.25) is 4.57 Å². The highest BCUT2D eigenvalue weighted by Gasteiger charge is 2.13. The fourth-order valence-electron chi connectivity index (χ4n) is 2.03. The SMILES string of the molecule is CCC(C)c1ccc(-n2cnc(C)c2Cl)c(OC)c1. The zero-order valence-electron chi connectivity index (χ0n) is 11.8. The van der Waals surface area contributed by atoms with E-state index in [1.807, 2.05) is 17.6 Å². The smallest absolute Gasteiger partial charge is 0.143 e. The van der Waals surface area contributed by atoms with E-state index in [1.54, 1.807) is 13.4 Å². The third-order valence-electron chi connectivity index (χ3n) is 3.52. The molecule has 0 spiro atoms. The van der Waals surface area contributed by atoms with E-state index < -0.39 is 0 Å². The second kappa shape index (κ2) is 5.66. The maximum Gasteiger partial charge on any atom is 0.143 e. The van der Waals surface area contributed by atoms with E-state index >= 15 is 0 Å². The van der Waals surface area contributed by atoms with Crippen molar-refractivity contribution in [3.8, 4) is 11.4 Å². The van der Waals surface area contributed by atoms with Crippen molar-refractivity contribution in [1.29, 1.82) is 0 Å². The lowest BCUT2D eigenvalue weighted by atomic mass is 9.98. The molecule has 0 saturated heterocycles. The first kappa shape index (κ1) is 13.9. The van der Waals surface area contributed by atoms with E-state index in [0.29, 0.717) is 11.1 Å². The number of rotatable bonds is 4. The molecule has 0 saturated carbocycles. The molecule has 3 nitrogen and oxygen atoms in total. The third kappa shape index (κ3) is 2.61. The molecule has 0 fully saturated rings. The Kier molecular flexibility index (Phi) is 4.15. The molecular weight excluding hydrogens is 260 g/mol. The van der Waals surface area contributed by atoms with Crippen LogP contribution in [0.15, 0.2) is 24.5 Å². The van der Waals surface area contributed by atoms with Crippen LogP contribution in [0.25, 0.3) is 5.69 Å². The number of ether oxygens (including phenoxy) is 1. The molecule has 0 aliphatic rings. The van der Waals surface area contributed by atoms with Crippen molar-refractivity contribution >= 4 is 11.6 Å². The Morgan fingerprint density at radius 2 is 2.16 bits per heavy atom. The Labute approximate surface area is 119 Å². The number of aromatic nitrogens is 2. The van der Waals surface area contributed by atoms with Crippen LogP contribution in [0.2, 0.25) is 5.15 Å². The van der Waals surface area contributed by atoms with Gasteiger partial charge in [0.05, 0.1) is 18.5 Å². The second-order valence-electron chi connectivity index (χ2n) is 4.73. The second-order valence-corrected chi connectivity index (χ2v) is 5.09. The Bertz CT molecular complexity index is 578. The van der Waals surface area contributed by atoms with Crippen LogP contribution in [0, 0.1) is 6.92 Å². The number of nitrogens with zero attached hydrogens (tertiary/aromatic N) is 2. The summed E-state index contributed by atoms with van der Waals surface area (Å²) in [5, 5.41) is 0.620. The first-order valence-corrected chi connectivity index (χ1v) is 6.84. The van der Waals surface area contributed by atoms with Crippen LogP contribution in [0.3, 0.4) is 0 Å². The monoisotopic (exact) mass is 278 g/mol. The molecule has 19 heavy (non-hydrogen) atoms. The van der Waals surface area contributed by atoms with Crippen LogP contribution in [0.5, 0.6) is 5.75 Å². The summed E-state index contributed by atoms with van der Waals surface area (Å²) in [7, 11) is 1.68. The Morgan fingerprint density at radius 1 is 1.42 bits per heavy atom. The molecule has 0 N–H and O–H groups in total. The molecule has 1 atom stereocenters. The van der Waals surface area contributed by atoms with Crippen molar-refractivity contribution in [3.05, 3.63) is 40.9 Å². The average Bonchev–Trinajstić information content (AvgIpc) is 2.77. The molecule has 1 heterocycles. The minimum Gasteiger partial charge on any atom is -0.495 e. The molecule has 1 aromatic heterocycles. The number of hydrogen-bond donors (Lipinski definition) is 0. The molecule has 0 bridgehead atoms. The van der Waals surface area contributed by atoms with Gasteiger partial charge in [0.1, 0.15) is 17.2 Å². The zero-order valence-corrected chi connectivity index (χ0v) is 12.5. The summed E-state index contributed by atoms with van der Waals surface area (Å²) in [6, 6.07) is 6.24. The van der Waals surface area contributed by atoms with Crippen molar-refractivity contribution in [2.24, 2.45) is 0 Å². The number of benzene rings is 1. The first-order chi connectivity index (χ1) is 9.08. The number of aryl methyl sites for hydroxylation is 1. The van der Waals surface area contributed by atoms with Gasteiger partial charge in [0.2, 0.25) is 0 Å². The number of methoxy groups -OCH3 is 1. The first-order valence-electron chi connectivity index (χ1n) is 6.46. The van der Waals surface area contributed by atoms with Crippen LogP contribution in [0.1, 0.15) is 37.4 Å². The number of imidazole rings is 1. The van der Waals surface area contributed by atoms with Crippen molar-refractivity contribution < 1.29 is 4.74 Å². The maximum absolute atomic E-state index is 6.25. The van der Waals surface area contributed by atoms with Gasteiger partial charge in [0, 0.05) is 0 Å². The van der Waals surface area contributed by atoms with Crippen molar-refractivity contribution in [2.45, 2.75) is 33.1 Å². The summed E-state index contributed by atoms with van der Waals surface area (Å²) >= 11 is 6.25. The number of halogens is 1. The Morgan fingerprint density at radius 3 is 2.68 bits per heavy atom. The van der Waals surface area contributed by atoms with Crippen LogP contribution in [-0.2, 0) is 0 Å². The normalized spacial score (nSPS) is 12.5. The van der Waals surface area contributed by atoms with Crippen molar-refractivity contribution in [1.82, 2.24) is 9.55 Å². The summed E-state index contributed by atoms with van der Waals surface area (Å²) in [6.07, 6.45) is 2.83. The maximum atomic E-state index is 6.25. The van der Waals surface area contributed by atoms with Crippen LogP contribution in [0.4, 0.5) is 0 Å². The van der Waals surface area contributed by atoms with E-state index in [-0.39, 0.29) is 0 Å². The van der Waals surface area contributed by atoms with Crippen molar-refractivity contribution in [2.75, 3.05) is 7.11 Å². The summed E-state index contributed by atoms with van der Waals surface area (Å²) in [5.41, 5.74) is 3.01. The predicted octanol–water partition coefficient (Wildman–Crippen LogP) is 4.36. The minimum atomic E-state index is 0.517. The lowest BCUT2D eigenvalue weighted by molar-refractivity contribution is 0.412. The molecule has 102 valence electrons. The van der Waals surface area contributed by atoms with Gasteiger partial charge in [0.15, 0.2) is 0 Å². The Hall–Kier alpha value is -1.48. The lowest BCUT2D eigenvalue weighted by Crippen LogP contribution is -2.00. The molecule has 2 rings (SSSR count). The summed E-state index contributed by atoms with van der Waals surface area (Å²) < 4.78 is 7.34. The molecule has 4 heteroatoms. The van der Waals surface area contributed by atoms with Gasteiger partial charge >= 0.3 is 0 Å². The van der Waals surface area contributed by atoms with Gasteiger partial charge in [-0.25, -0.2) is 4.98 Å². The molecule has 1 aromatic carbocycles. The van der Waals surface area contributed by atoms with Gasteiger partial charge in [-0.15, -0.1) is 0 Å². The number of hydrogen-bond acceptors (Lipinski definition) is 2. The highest BCUT2D eigenvalue weighted by atomic mass is 35.5. The highest BCUT2D eigenvalue weighted by molar-refractivity contribution is 6.30. The molecule has 0 aliphatic heterocycles. The highest BCUT2D eigenvalue weighted by Crippen LogP contribution is 2.31. The zero-order chi connectivity index (χ0) is 14.0. The van der Waals surface area contributed by atoms with Crippen LogP contribution < -0.4 is 4.74 Å². The van der Waals surface area contributed by atoms with Gasteiger partial charge in [-0.05, 0) is 37.0 Å². The topological polar surface area (TPSA) is 27.1 Å². The quantitative estimate of drug-likeness (QED) is 0.831. The molecule has 0 amide bonds. The molecule has 2 aromatic rings. The van der Waals surface area contributed by atoms with E-state index in [1.165, 1.54) is 5.56 Å². The largest absolute Gasteiger partial charge is 0.495 e. The van der Waals surface area contributed by atoms with Crippen LogP contribution >= 0.6 is 11.6 Å². The molecule has 1 unspecified atom stereocenters.